The van der Waals surface area contributed by atoms with Gasteiger partial charge in [-0.1, -0.05) is 30.3 Å². The number of hydrogen-bond donors (Lipinski definition) is 2. The van der Waals surface area contributed by atoms with E-state index in [2.05, 4.69) is 78.4 Å². The lowest BCUT2D eigenvalue weighted by molar-refractivity contribution is -0.349. The largest absolute Gasteiger partial charge is 0.358 e. The lowest BCUT2D eigenvalue weighted by Gasteiger charge is -1.99. The number of fused-ring (bicyclic) bond motifs is 2. The van der Waals surface area contributed by atoms with Crippen LogP contribution in [0.2, 0.25) is 0 Å². The number of nitrogens with one attached hydrogen (secondary N) is 2. The molecule has 0 radical (unpaired) electrons. The molecule has 102 valence electrons. The molecule has 0 saturated carbocycles. The van der Waals surface area contributed by atoms with Crippen LogP contribution in [-0.2, 0) is 0 Å². The Kier molecular flexibility index (Phi) is 2.58. The van der Waals surface area contributed by atoms with Crippen molar-refractivity contribution in [3.05, 3.63) is 65.4 Å². The number of aromatic amines is 1. The van der Waals surface area contributed by atoms with Gasteiger partial charge in [-0.3, -0.25) is 0 Å². The smallest absolute Gasteiger partial charge is 0.211 e. The van der Waals surface area contributed by atoms with Gasteiger partial charge in [0, 0.05) is 35.2 Å². The summed E-state index contributed by atoms with van der Waals surface area (Å²) in [6, 6.07) is 16.9. The van der Waals surface area contributed by atoms with Crippen molar-refractivity contribution in [3.63, 3.8) is 0 Å². The van der Waals surface area contributed by atoms with Crippen LogP contribution in [0.1, 0.15) is 23.7 Å². The van der Waals surface area contributed by atoms with Gasteiger partial charge in [-0.2, -0.15) is 0 Å². The lowest BCUT2D eigenvalue weighted by Crippen LogP contribution is -2.62. The Hall–Kier alpha value is -2.61. The first-order valence-corrected chi connectivity index (χ1v) is 7.23. The van der Waals surface area contributed by atoms with Crippen LogP contribution in [0, 0.1) is 6.92 Å². The van der Waals surface area contributed by atoms with E-state index in [0.29, 0.717) is 0 Å². The summed E-state index contributed by atoms with van der Waals surface area (Å²) in [4.78, 5) is 6.93. The fraction of sp³-hybridized carbons (Fsp3) is 0.105. The minimum atomic E-state index is 1.19. The highest BCUT2D eigenvalue weighted by molar-refractivity contribution is 6.28. The fourth-order valence-electron chi connectivity index (χ4n) is 3.11. The molecule has 0 amide bonds. The summed E-state index contributed by atoms with van der Waals surface area (Å²) in [7, 11) is 0. The summed E-state index contributed by atoms with van der Waals surface area (Å²) in [6.07, 6.45) is 2.29. The Bertz CT molecular complexity index is 910. The second-order valence-corrected chi connectivity index (χ2v) is 5.56. The maximum atomic E-state index is 3.47. The standard InChI is InChI=1S/C19H16N2/c1-12-16(14-7-3-5-9-18(14)20-12)11-17-13(2)21-19-10-6-4-8-15(17)19/h3-11,20H,1-2H3/p+1/b17-11+. The number of para-hydroxylation sites is 2. The third-order valence-corrected chi connectivity index (χ3v) is 4.18. The summed E-state index contributed by atoms with van der Waals surface area (Å²) in [6.45, 7) is 4.27. The molecule has 2 nitrogen and oxygen atoms in total. The summed E-state index contributed by atoms with van der Waals surface area (Å²) in [5.74, 6) is 0. The van der Waals surface area contributed by atoms with Crippen molar-refractivity contribution in [1.82, 2.24) is 4.98 Å². The second kappa shape index (κ2) is 4.45. The fourth-order valence-corrected chi connectivity index (χ4v) is 3.11. The molecule has 0 bridgehead atoms. The van der Waals surface area contributed by atoms with Gasteiger partial charge in [-0.25, -0.2) is 4.99 Å². The molecular formula is C19H17N2+. The molecule has 4 rings (SSSR count). The van der Waals surface area contributed by atoms with Gasteiger partial charge in [0.15, 0.2) is 5.71 Å². The quantitative estimate of drug-likeness (QED) is 0.682. The monoisotopic (exact) mass is 273 g/mol. The molecule has 2 heterocycles. The van der Waals surface area contributed by atoms with Crippen molar-refractivity contribution in [2.24, 2.45) is 0 Å². The van der Waals surface area contributed by atoms with Gasteiger partial charge in [0.25, 0.3) is 0 Å². The zero-order valence-corrected chi connectivity index (χ0v) is 12.2. The van der Waals surface area contributed by atoms with Gasteiger partial charge in [0.1, 0.15) is 0 Å². The summed E-state index contributed by atoms with van der Waals surface area (Å²) in [5, 5.41) is 1.28. The van der Waals surface area contributed by atoms with Crippen molar-refractivity contribution >= 4 is 34.0 Å². The highest BCUT2D eigenvalue weighted by atomic mass is 14.8. The van der Waals surface area contributed by atoms with Gasteiger partial charge < -0.3 is 4.98 Å². The third kappa shape index (κ3) is 1.83. The molecule has 1 aliphatic heterocycles. The summed E-state index contributed by atoms with van der Waals surface area (Å²) < 4.78 is 0. The minimum absolute atomic E-state index is 1.19. The molecule has 2 N–H and O–H groups in total. The first-order chi connectivity index (χ1) is 10.2. The van der Waals surface area contributed by atoms with Crippen molar-refractivity contribution in [3.8, 4) is 0 Å². The van der Waals surface area contributed by atoms with Crippen LogP contribution < -0.4 is 4.99 Å². The highest BCUT2D eigenvalue weighted by Gasteiger charge is 2.24. The van der Waals surface area contributed by atoms with Crippen LogP contribution in [0.15, 0.2) is 48.5 Å². The average Bonchev–Trinajstić information content (AvgIpc) is 2.97. The summed E-state index contributed by atoms with van der Waals surface area (Å²) in [5.41, 5.74) is 8.64. The third-order valence-electron chi connectivity index (χ3n) is 4.18. The van der Waals surface area contributed by atoms with Crippen LogP contribution in [-0.4, -0.2) is 10.7 Å². The number of allylic oxidation sites excluding steroid dienone is 1. The van der Waals surface area contributed by atoms with E-state index in [1.807, 2.05) is 0 Å². The van der Waals surface area contributed by atoms with E-state index in [9.17, 15) is 0 Å². The molecule has 21 heavy (non-hydrogen) atoms. The van der Waals surface area contributed by atoms with Gasteiger partial charge in [0.2, 0.25) is 5.69 Å². The zero-order chi connectivity index (χ0) is 14.4. The van der Waals surface area contributed by atoms with E-state index in [1.165, 1.54) is 44.7 Å². The van der Waals surface area contributed by atoms with E-state index in [4.69, 9.17) is 0 Å². The van der Waals surface area contributed by atoms with Gasteiger partial charge >= 0.3 is 0 Å². The predicted molar refractivity (Wildman–Crippen MR) is 88.7 cm³/mol. The molecule has 2 aromatic carbocycles. The first kappa shape index (κ1) is 12.2. The Morgan fingerprint density at radius 2 is 1.71 bits per heavy atom. The normalized spacial score (nSPS) is 15.5. The number of aromatic nitrogens is 1. The van der Waals surface area contributed by atoms with E-state index in [-0.39, 0.29) is 0 Å². The second-order valence-electron chi connectivity index (χ2n) is 5.56. The SMILES string of the molecule is CC1=[NH+]c2ccccc2/C1=C/c1c(C)[nH]c2ccccc12. The molecule has 2 heteroatoms. The molecule has 0 spiro atoms. The molecule has 0 saturated heterocycles. The van der Waals surface area contributed by atoms with Gasteiger partial charge in [-0.05, 0) is 25.1 Å². The van der Waals surface area contributed by atoms with Crippen LogP contribution in [0.5, 0.6) is 0 Å². The maximum Gasteiger partial charge on any atom is 0.211 e. The first-order valence-electron chi connectivity index (χ1n) is 7.23. The van der Waals surface area contributed by atoms with E-state index in [1.54, 1.807) is 0 Å². The molecule has 0 fully saturated rings. The zero-order valence-electron chi connectivity index (χ0n) is 12.2. The number of aryl methyl sites for hydroxylation is 1. The topological polar surface area (TPSA) is 29.8 Å². The highest BCUT2D eigenvalue weighted by Crippen LogP contribution is 2.30. The molecule has 0 atom stereocenters. The number of benzene rings is 2. The number of H-pyrrole nitrogens is 1. The predicted octanol–water partition coefficient (Wildman–Crippen LogP) is 3.20. The van der Waals surface area contributed by atoms with Crippen molar-refractivity contribution in [1.29, 1.82) is 0 Å². The van der Waals surface area contributed by atoms with Crippen LogP contribution >= 0.6 is 0 Å². The van der Waals surface area contributed by atoms with Crippen molar-refractivity contribution < 1.29 is 4.99 Å². The Morgan fingerprint density at radius 1 is 0.952 bits per heavy atom. The molecule has 0 aliphatic carbocycles. The lowest BCUT2D eigenvalue weighted by atomic mass is 9.99. The average molecular weight is 273 g/mol. The number of rotatable bonds is 1. The van der Waals surface area contributed by atoms with Crippen LogP contribution in [0.3, 0.4) is 0 Å². The van der Waals surface area contributed by atoms with E-state index >= 15 is 0 Å². The van der Waals surface area contributed by atoms with E-state index < -0.39 is 0 Å². The molecular weight excluding hydrogens is 256 g/mol. The Labute approximate surface area is 123 Å². The molecule has 1 aliphatic rings. The summed E-state index contributed by atoms with van der Waals surface area (Å²) >= 11 is 0. The minimum Gasteiger partial charge on any atom is -0.358 e. The molecule has 1 aromatic heterocycles. The van der Waals surface area contributed by atoms with Crippen LogP contribution in [0.25, 0.3) is 22.6 Å². The van der Waals surface area contributed by atoms with Gasteiger partial charge in [-0.15, -0.1) is 0 Å². The van der Waals surface area contributed by atoms with Crippen LogP contribution in [0.4, 0.5) is 5.69 Å². The van der Waals surface area contributed by atoms with Gasteiger partial charge in [0.05, 0.1) is 11.1 Å². The van der Waals surface area contributed by atoms with Crippen molar-refractivity contribution in [2.75, 3.05) is 0 Å². The van der Waals surface area contributed by atoms with E-state index in [0.717, 1.165) is 0 Å². The Morgan fingerprint density at radius 3 is 2.62 bits per heavy atom. The Balaban J connectivity index is 1.95. The maximum absolute atomic E-state index is 3.47. The molecule has 3 aromatic rings. The molecule has 0 unspecified atom stereocenters. The van der Waals surface area contributed by atoms with Crippen molar-refractivity contribution in [2.45, 2.75) is 13.8 Å². The number of hydrogen-bond acceptors (Lipinski definition) is 0.